The van der Waals surface area contributed by atoms with Crippen molar-refractivity contribution in [3.8, 4) is 0 Å². The van der Waals surface area contributed by atoms with Crippen LogP contribution in [0.3, 0.4) is 0 Å². The first kappa shape index (κ1) is 35.5. The van der Waals surface area contributed by atoms with Crippen LogP contribution in [-0.4, -0.2) is 70.6 Å². The van der Waals surface area contributed by atoms with Crippen molar-refractivity contribution in [2.45, 2.75) is 103 Å². The molecule has 1 aromatic carbocycles. The monoisotopic (exact) mass is 698 g/mol. The molecule has 1 saturated carbocycles. The van der Waals surface area contributed by atoms with Crippen molar-refractivity contribution in [2.75, 3.05) is 18.5 Å². The molecular formula is C35H47ClN4O5SSi. The number of carbonyl (C=O) groups is 2. The maximum absolute atomic E-state index is 14.1. The van der Waals surface area contributed by atoms with Gasteiger partial charge in [0.05, 0.1) is 22.6 Å². The third-order valence-corrected chi connectivity index (χ3v) is 17.7. The van der Waals surface area contributed by atoms with E-state index in [1.165, 1.54) is 28.8 Å². The maximum Gasteiger partial charge on any atom is 0.408 e. The van der Waals surface area contributed by atoms with Crippen LogP contribution in [0.15, 0.2) is 36.8 Å². The Kier molecular flexibility index (Phi) is 10.8. The standard InChI is InChI=1S/C35H47ClN4O5SSi/c1-19(2)47(20(3)4,21(5)6)45-30-14-26(12-24(30)17-41)39-34-29(16-37-18-38-34)33(42)31-15-27(22(7)46-31)32-28-13-25(36)9-8-23(28)10-11-40(32)35(43)44/h8-9,13,15-16,18-21,24,26,30,32,41H,10-12,14,17H2,1-7H3,(H,43,44)(H,37,38,39)/t24-,26-,30+,32+/m1/s1. The van der Waals surface area contributed by atoms with Gasteiger partial charge in [0.25, 0.3) is 0 Å². The third-order valence-electron chi connectivity index (χ3n) is 10.3. The van der Waals surface area contributed by atoms with E-state index in [1.807, 2.05) is 31.2 Å². The number of carbonyl (C=O) groups excluding carboxylic acids is 1. The number of halogens is 1. The van der Waals surface area contributed by atoms with E-state index in [9.17, 15) is 19.8 Å². The molecule has 1 aliphatic carbocycles. The molecule has 3 aromatic rings. The molecule has 3 N–H and O–H groups in total. The molecule has 0 unspecified atom stereocenters. The first-order valence-corrected chi connectivity index (χ1v) is 19.9. The van der Waals surface area contributed by atoms with Crippen LogP contribution in [0.1, 0.15) is 97.2 Å². The zero-order valence-corrected chi connectivity index (χ0v) is 30.9. The summed E-state index contributed by atoms with van der Waals surface area (Å²) in [7, 11) is -2.17. The number of thiophene rings is 1. The summed E-state index contributed by atoms with van der Waals surface area (Å²) < 4.78 is 7.12. The van der Waals surface area contributed by atoms with E-state index in [0.29, 0.717) is 63.7 Å². The van der Waals surface area contributed by atoms with Gasteiger partial charge in [0.15, 0.2) is 0 Å². The topological polar surface area (TPSA) is 125 Å². The summed E-state index contributed by atoms with van der Waals surface area (Å²) >= 11 is 7.70. The predicted molar refractivity (Wildman–Crippen MR) is 189 cm³/mol. The highest BCUT2D eigenvalue weighted by molar-refractivity contribution is 7.14. The number of ketones is 1. The van der Waals surface area contributed by atoms with E-state index in [-0.39, 0.29) is 30.5 Å². The molecule has 2 aromatic heterocycles. The molecule has 0 saturated heterocycles. The summed E-state index contributed by atoms with van der Waals surface area (Å²) in [6.07, 6.45) is 3.88. The number of hydrogen-bond donors (Lipinski definition) is 3. The molecule has 0 spiro atoms. The molecule has 5 rings (SSSR count). The Bertz CT molecular complexity index is 1590. The minimum atomic E-state index is -2.17. The van der Waals surface area contributed by atoms with Gasteiger partial charge in [-0.05, 0) is 77.7 Å². The molecule has 0 radical (unpaired) electrons. The van der Waals surface area contributed by atoms with Crippen molar-refractivity contribution >= 4 is 48.9 Å². The second-order valence-corrected chi connectivity index (χ2v) is 21.0. The number of anilines is 1. The van der Waals surface area contributed by atoms with Crippen LogP contribution in [0.5, 0.6) is 0 Å². The first-order valence-electron chi connectivity index (χ1n) is 16.6. The van der Waals surface area contributed by atoms with Gasteiger partial charge in [0, 0.05) is 41.2 Å². The fourth-order valence-corrected chi connectivity index (χ4v) is 15.0. The predicted octanol–water partition coefficient (Wildman–Crippen LogP) is 8.10. The first-order chi connectivity index (χ1) is 22.3. The largest absolute Gasteiger partial charge is 0.465 e. The van der Waals surface area contributed by atoms with Gasteiger partial charge >= 0.3 is 6.09 Å². The molecule has 4 atom stereocenters. The quantitative estimate of drug-likeness (QED) is 0.136. The van der Waals surface area contributed by atoms with Gasteiger partial charge in [-0.3, -0.25) is 9.69 Å². The average molecular weight is 699 g/mol. The molecule has 47 heavy (non-hydrogen) atoms. The number of aliphatic hydroxyl groups excluding tert-OH is 1. The van der Waals surface area contributed by atoms with Crippen molar-refractivity contribution in [1.82, 2.24) is 14.9 Å². The van der Waals surface area contributed by atoms with Crippen LogP contribution in [-0.2, 0) is 10.8 Å². The van der Waals surface area contributed by atoms with Gasteiger partial charge in [-0.15, -0.1) is 11.3 Å². The number of hydrogen-bond acceptors (Lipinski definition) is 8. The summed E-state index contributed by atoms with van der Waals surface area (Å²) in [5.74, 6) is 0.206. The second kappa shape index (κ2) is 14.3. The smallest absolute Gasteiger partial charge is 0.408 e. The number of rotatable bonds is 11. The molecule has 1 amide bonds. The molecule has 0 bridgehead atoms. The van der Waals surface area contributed by atoms with E-state index < -0.39 is 20.5 Å². The van der Waals surface area contributed by atoms with Gasteiger partial charge in [0.2, 0.25) is 14.1 Å². The zero-order chi connectivity index (χ0) is 34.2. The lowest BCUT2D eigenvalue weighted by Gasteiger charge is -2.45. The van der Waals surface area contributed by atoms with Crippen molar-refractivity contribution in [3.63, 3.8) is 0 Å². The maximum atomic E-state index is 14.1. The molecule has 1 aliphatic heterocycles. The fraction of sp³-hybridized carbons (Fsp3) is 0.543. The molecule has 254 valence electrons. The molecule has 12 heteroatoms. The lowest BCUT2D eigenvalue weighted by Crippen LogP contribution is -2.51. The minimum Gasteiger partial charge on any atom is -0.465 e. The average Bonchev–Trinajstić information content (AvgIpc) is 3.60. The fourth-order valence-electron chi connectivity index (χ4n) is 8.15. The van der Waals surface area contributed by atoms with Crippen LogP contribution in [0.2, 0.25) is 21.6 Å². The number of aliphatic hydroxyl groups is 1. The summed E-state index contributed by atoms with van der Waals surface area (Å²) in [5, 5.41) is 24.5. The lowest BCUT2D eigenvalue weighted by molar-refractivity contribution is 0.0941. The van der Waals surface area contributed by atoms with E-state index in [4.69, 9.17) is 16.0 Å². The summed E-state index contributed by atoms with van der Waals surface area (Å²) in [4.78, 5) is 37.9. The number of nitrogens with zero attached hydrogens (tertiary/aromatic N) is 3. The SMILES string of the molecule is Cc1sc(C(=O)c2cncnc2N[C@@H]2C[C@H](CO)[C@@H](O[Si](C(C)C)(C(C)C)C(C)C)C2)cc1[C@H]1c2cc(Cl)ccc2CCN1C(=O)O. The number of aryl methyl sites for hydroxylation is 1. The third kappa shape index (κ3) is 6.87. The Morgan fingerprint density at radius 3 is 2.45 bits per heavy atom. The van der Waals surface area contributed by atoms with Gasteiger partial charge in [-0.2, -0.15) is 0 Å². The van der Waals surface area contributed by atoms with Crippen molar-refractivity contribution in [3.05, 3.63) is 73.8 Å². The number of benzene rings is 1. The number of aromatic nitrogens is 2. The Morgan fingerprint density at radius 1 is 1.11 bits per heavy atom. The highest BCUT2D eigenvalue weighted by Gasteiger charge is 2.49. The molecular weight excluding hydrogens is 652 g/mol. The summed E-state index contributed by atoms with van der Waals surface area (Å²) in [6, 6.07) is 6.81. The van der Waals surface area contributed by atoms with Crippen LogP contribution in [0.4, 0.5) is 10.6 Å². The van der Waals surface area contributed by atoms with Crippen LogP contribution < -0.4 is 5.32 Å². The van der Waals surface area contributed by atoms with E-state index >= 15 is 0 Å². The number of carboxylic acid groups (broad SMARTS) is 1. The second-order valence-electron chi connectivity index (χ2n) is 13.9. The Labute approximate surface area is 287 Å². The highest BCUT2D eigenvalue weighted by atomic mass is 35.5. The van der Waals surface area contributed by atoms with Crippen molar-refractivity contribution in [1.29, 1.82) is 0 Å². The van der Waals surface area contributed by atoms with Gasteiger partial charge in [-0.1, -0.05) is 59.2 Å². The Morgan fingerprint density at radius 2 is 1.81 bits per heavy atom. The molecule has 3 heterocycles. The van der Waals surface area contributed by atoms with Gasteiger partial charge in [-0.25, -0.2) is 14.8 Å². The highest BCUT2D eigenvalue weighted by Crippen LogP contribution is 2.46. The lowest BCUT2D eigenvalue weighted by atomic mass is 9.88. The van der Waals surface area contributed by atoms with Crippen LogP contribution in [0.25, 0.3) is 0 Å². The van der Waals surface area contributed by atoms with E-state index in [2.05, 4.69) is 56.8 Å². The van der Waals surface area contributed by atoms with Crippen LogP contribution in [0, 0.1) is 12.8 Å². The van der Waals surface area contributed by atoms with Crippen molar-refractivity contribution < 1.29 is 24.2 Å². The van der Waals surface area contributed by atoms with Gasteiger partial charge in [0.1, 0.15) is 12.1 Å². The molecule has 1 fully saturated rings. The summed E-state index contributed by atoms with van der Waals surface area (Å²) in [5.41, 5.74) is 4.30. The molecule has 2 aliphatic rings. The number of nitrogens with one attached hydrogen (secondary N) is 1. The van der Waals surface area contributed by atoms with Crippen LogP contribution >= 0.6 is 22.9 Å². The Balaban J connectivity index is 1.41. The van der Waals surface area contributed by atoms with Crippen molar-refractivity contribution in [2.24, 2.45) is 5.92 Å². The van der Waals surface area contributed by atoms with Gasteiger partial charge < -0.3 is 20.0 Å². The van der Waals surface area contributed by atoms with E-state index in [0.717, 1.165) is 21.6 Å². The zero-order valence-electron chi connectivity index (χ0n) is 28.3. The Hall–Kier alpha value is -2.83. The summed E-state index contributed by atoms with van der Waals surface area (Å²) in [6.45, 7) is 15.9. The number of fused-ring (bicyclic) bond motifs is 1. The van der Waals surface area contributed by atoms with E-state index in [1.54, 1.807) is 0 Å². The minimum absolute atomic E-state index is 0.0110. The molecule has 9 nitrogen and oxygen atoms in total. The number of amides is 1. The normalized spacial score (nSPS) is 21.5.